The maximum atomic E-state index is 12.4. The molecule has 1 aliphatic carbocycles. The summed E-state index contributed by atoms with van der Waals surface area (Å²) in [6.07, 6.45) is 6.17. The SMILES string of the molecule is COC(=O)c1c(NC(=O)CSc2nnc(NC3CCCCC3)s2)sc(C)c1C. The van der Waals surface area contributed by atoms with Crippen LogP contribution in [0.2, 0.25) is 0 Å². The van der Waals surface area contributed by atoms with Gasteiger partial charge in [-0.15, -0.1) is 21.5 Å². The molecule has 0 spiro atoms. The van der Waals surface area contributed by atoms with E-state index in [9.17, 15) is 9.59 Å². The van der Waals surface area contributed by atoms with E-state index in [1.54, 1.807) is 0 Å². The summed E-state index contributed by atoms with van der Waals surface area (Å²) in [6.45, 7) is 3.77. The van der Waals surface area contributed by atoms with Gasteiger partial charge in [0, 0.05) is 10.9 Å². The second-order valence-corrected chi connectivity index (χ2v) is 10.1. The zero-order valence-corrected chi connectivity index (χ0v) is 18.6. The molecule has 2 aromatic heterocycles. The number of amides is 1. The summed E-state index contributed by atoms with van der Waals surface area (Å²) < 4.78 is 5.58. The first-order valence-corrected chi connectivity index (χ1v) is 11.8. The molecule has 1 saturated carbocycles. The Hall–Kier alpha value is -1.65. The van der Waals surface area contributed by atoms with E-state index in [0.29, 0.717) is 16.6 Å². The number of nitrogens with zero attached hydrogens (tertiary/aromatic N) is 2. The highest BCUT2D eigenvalue weighted by molar-refractivity contribution is 8.01. The third kappa shape index (κ3) is 5.24. The average molecular weight is 441 g/mol. The van der Waals surface area contributed by atoms with Gasteiger partial charge in [-0.1, -0.05) is 42.4 Å². The number of aryl methyl sites for hydroxylation is 1. The van der Waals surface area contributed by atoms with Gasteiger partial charge < -0.3 is 15.4 Å². The van der Waals surface area contributed by atoms with Gasteiger partial charge >= 0.3 is 5.97 Å². The van der Waals surface area contributed by atoms with E-state index in [1.165, 1.54) is 73.6 Å². The molecule has 10 heteroatoms. The Balaban J connectivity index is 1.54. The van der Waals surface area contributed by atoms with Crippen LogP contribution in [-0.4, -0.2) is 41.0 Å². The zero-order chi connectivity index (χ0) is 20.1. The molecule has 1 fully saturated rings. The predicted octanol–water partition coefficient (Wildman–Crippen LogP) is 4.48. The molecule has 0 atom stereocenters. The van der Waals surface area contributed by atoms with Gasteiger partial charge in [-0.3, -0.25) is 4.79 Å². The maximum Gasteiger partial charge on any atom is 0.341 e. The molecular weight excluding hydrogens is 416 g/mol. The lowest BCUT2D eigenvalue weighted by Crippen LogP contribution is -2.21. The highest BCUT2D eigenvalue weighted by Gasteiger charge is 2.22. The normalized spacial score (nSPS) is 14.7. The summed E-state index contributed by atoms with van der Waals surface area (Å²) in [5, 5.41) is 16.0. The van der Waals surface area contributed by atoms with E-state index in [2.05, 4.69) is 20.8 Å². The van der Waals surface area contributed by atoms with Crippen LogP contribution in [0.1, 0.15) is 52.9 Å². The molecule has 0 aliphatic heterocycles. The minimum Gasteiger partial charge on any atom is -0.465 e. The zero-order valence-electron chi connectivity index (χ0n) is 16.2. The van der Waals surface area contributed by atoms with Gasteiger partial charge in [0.2, 0.25) is 11.0 Å². The monoisotopic (exact) mass is 440 g/mol. The average Bonchev–Trinajstić information content (AvgIpc) is 3.24. The molecule has 0 aromatic carbocycles. The summed E-state index contributed by atoms with van der Waals surface area (Å²) in [5.74, 6) is -0.421. The van der Waals surface area contributed by atoms with Crippen molar-refractivity contribution in [1.82, 2.24) is 10.2 Å². The lowest BCUT2D eigenvalue weighted by Gasteiger charge is -2.21. The van der Waals surface area contributed by atoms with Crippen LogP contribution in [0.5, 0.6) is 0 Å². The standard InChI is InChI=1S/C18H24N4O3S3/c1-10-11(2)27-15(14(10)16(24)25-3)20-13(23)9-26-18-22-21-17(28-18)19-12-7-5-4-6-8-12/h12H,4-9H2,1-3H3,(H,19,21)(H,20,23). The minimum atomic E-state index is -0.438. The summed E-state index contributed by atoms with van der Waals surface area (Å²) in [7, 11) is 1.34. The number of thiophene rings is 1. The lowest BCUT2D eigenvalue weighted by molar-refractivity contribution is -0.113. The van der Waals surface area contributed by atoms with Crippen LogP contribution in [0, 0.1) is 13.8 Å². The molecule has 0 radical (unpaired) electrons. The molecule has 7 nitrogen and oxygen atoms in total. The molecule has 1 aliphatic rings. The third-order valence-corrected chi connectivity index (χ3v) is 7.80. The van der Waals surface area contributed by atoms with E-state index in [4.69, 9.17) is 4.74 Å². The molecule has 0 unspecified atom stereocenters. The first kappa shape index (κ1) is 21.1. The summed E-state index contributed by atoms with van der Waals surface area (Å²) in [4.78, 5) is 25.3. The summed E-state index contributed by atoms with van der Waals surface area (Å²) in [5.41, 5.74) is 1.26. The van der Waals surface area contributed by atoms with E-state index >= 15 is 0 Å². The van der Waals surface area contributed by atoms with Crippen molar-refractivity contribution in [3.63, 3.8) is 0 Å². The van der Waals surface area contributed by atoms with Crippen LogP contribution in [0.15, 0.2) is 4.34 Å². The molecule has 0 bridgehead atoms. The fraction of sp³-hybridized carbons (Fsp3) is 0.556. The number of aromatic nitrogens is 2. The number of hydrogen-bond donors (Lipinski definition) is 2. The number of carbonyl (C=O) groups excluding carboxylic acids is 2. The largest absolute Gasteiger partial charge is 0.465 e. The van der Waals surface area contributed by atoms with Gasteiger partial charge in [-0.05, 0) is 32.3 Å². The van der Waals surface area contributed by atoms with Crippen molar-refractivity contribution in [3.05, 3.63) is 16.0 Å². The molecular formula is C18H24N4O3S3. The molecule has 2 N–H and O–H groups in total. The molecule has 1 amide bonds. The molecule has 0 saturated heterocycles. The van der Waals surface area contributed by atoms with Crippen molar-refractivity contribution >= 4 is 56.4 Å². The number of rotatable bonds is 7. The maximum absolute atomic E-state index is 12.4. The number of hydrogen-bond acceptors (Lipinski definition) is 9. The Morgan fingerprint density at radius 3 is 2.64 bits per heavy atom. The van der Waals surface area contributed by atoms with Crippen molar-refractivity contribution in [3.8, 4) is 0 Å². The number of anilines is 2. The Kier molecular flexibility index (Phi) is 7.30. The minimum absolute atomic E-state index is 0.187. The Morgan fingerprint density at radius 1 is 1.18 bits per heavy atom. The van der Waals surface area contributed by atoms with Gasteiger partial charge in [0.1, 0.15) is 5.00 Å². The first-order valence-electron chi connectivity index (χ1n) is 9.19. The molecule has 28 heavy (non-hydrogen) atoms. The molecule has 152 valence electrons. The van der Waals surface area contributed by atoms with Crippen LogP contribution < -0.4 is 10.6 Å². The summed E-state index contributed by atoms with van der Waals surface area (Å²) >= 11 is 4.19. The number of esters is 1. The highest BCUT2D eigenvalue weighted by atomic mass is 32.2. The van der Waals surface area contributed by atoms with Crippen molar-refractivity contribution in [2.45, 2.75) is 56.3 Å². The molecule has 2 aromatic rings. The molecule has 2 heterocycles. The quantitative estimate of drug-likeness (QED) is 0.484. The van der Waals surface area contributed by atoms with Crippen molar-refractivity contribution in [1.29, 1.82) is 0 Å². The first-order chi connectivity index (χ1) is 13.5. The van der Waals surface area contributed by atoms with Crippen LogP contribution in [-0.2, 0) is 9.53 Å². The lowest BCUT2D eigenvalue weighted by atomic mass is 9.96. The van der Waals surface area contributed by atoms with Gasteiger partial charge in [-0.2, -0.15) is 0 Å². The van der Waals surface area contributed by atoms with Gasteiger partial charge in [0.25, 0.3) is 0 Å². The van der Waals surface area contributed by atoms with E-state index in [1.807, 2.05) is 13.8 Å². The van der Waals surface area contributed by atoms with E-state index < -0.39 is 5.97 Å². The number of nitrogens with one attached hydrogen (secondary N) is 2. The van der Waals surface area contributed by atoms with Gasteiger partial charge in [-0.25, -0.2) is 4.79 Å². The highest BCUT2D eigenvalue weighted by Crippen LogP contribution is 2.33. The smallest absolute Gasteiger partial charge is 0.341 e. The predicted molar refractivity (Wildman–Crippen MR) is 115 cm³/mol. The number of ether oxygens (including phenoxy) is 1. The van der Waals surface area contributed by atoms with E-state index in [0.717, 1.165) is 19.9 Å². The number of methoxy groups -OCH3 is 1. The number of carbonyl (C=O) groups is 2. The molecule has 3 rings (SSSR count). The Bertz CT molecular complexity index is 843. The number of thioether (sulfide) groups is 1. The topological polar surface area (TPSA) is 93.2 Å². The van der Waals surface area contributed by atoms with Crippen LogP contribution in [0.4, 0.5) is 10.1 Å². The summed E-state index contributed by atoms with van der Waals surface area (Å²) in [6, 6.07) is 0.477. The Morgan fingerprint density at radius 2 is 1.93 bits per heavy atom. The van der Waals surface area contributed by atoms with Gasteiger partial charge in [0.15, 0.2) is 4.34 Å². The van der Waals surface area contributed by atoms with Crippen LogP contribution >= 0.6 is 34.4 Å². The second kappa shape index (κ2) is 9.71. The van der Waals surface area contributed by atoms with Crippen molar-refractivity contribution in [2.75, 3.05) is 23.5 Å². The van der Waals surface area contributed by atoms with E-state index in [-0.39, 0.29) is 11.7 Å². The van der Waals surface area contributed by atoms with Crippen LogP contribution in [0.25, 0.3) is 0 Å². The van der Waals surface area contributed by atoms with Gasteiger partial charge in [0.05, 0.1) is 18.4 Å². The van der Waals surface area contributed by atoms with Crippen molar-refractivity contribution < 1.29 is 14.3 Å². The second-order valence-electron chi connectivity index (χ2n) is 6.67. The third-order valence-electron chi connectivity index (χ3n) is 4.69. The van der Waals surface area contributed by atoms with Crippen molar-refractivity contribution in [2.24, 2.45) is 0 Å². The fourth-order valence-electron chi connectivity index (χ4n) is 3.10. The van der Waals surface area contributed by atoms with Crippen LogP contribution in [0.3, 0.4) is 0 Å². The fourth-order valence-corrected chi connectivity index (χ4v) is 5.79. The Labute approximate surface area is 176 Å².